The van der Waals surface area contributed by atoms with Gasteiger partial charge in [-0.05, 0) is 32.0 Å². The van der Waals surface area contributed by atoms with Gasteiger partial charge in [0.25, 0.3) is 5.91 Å². The van der Waals surface area contributed by atoms with Crippen LogP contribution in [0, 0.1) is 19.7 Å². The highest BCUT2D eigenvalue weighted by molar-refractivity contribution is 6.05. The van der Waals surface area contributed by atoms with Crippen molar-refractivity contribution >= 4 is 17.2 Å². The molecular weight excluding hydrogens is 430 g/mol. The zero-order valence-electron chi connectivity index (χ0n) is 16.7. The molecule has 1 aromatic carbocycles. The SMILES string of the molecule is Cc1cc2ncc(C(=O)Nc3ccc(Oc4ccc(C(F)(F)F)cn4)c(F)c3)c(C)n2n1. The largest absolute Gasteiger partial charge is 0.436 e. The quantitative estimate of drug-likeness (QED) is 0.450. The third kappa shape index (κ3) is 4.22. The van der Waals surface area contributed by atoms with Gasteiger partial charge in [0.2, 0.25) is 5.88 Å². The van der Waals surface area contributed by atoms with Gasteiger partial charge in [-0.15, -0.1) is 0 Å². The van der Waals surface area contributed by atoms with E-state index in [0.717, 1.165) is 23.9 Å². The Balaban J connectivity index is 1.50. The number of hydrogen-bond acceptors (Lipinski definition) is 5. The van der Waals surface area contributed by atoms with Crippen LogP contribution in [0.5, 0.6) is 11.6 Å². The molecule has 0 aliphatic carbocycles. The molecule has 3 heterocycles. The summed E-state index contributed by atoms with van der Waals surface area (Å²) in [6, 6.07) is 7.18. The van der Waals surface area contributed by atoms with Crippen molar-refractivity contribution in [2.45, 2.75) is 20.0 Å². The molecule has 0 radical (unpaired) electrons. The summed E-state index contributed by atoms with van der Waals surface area (Å²) >= 11 is 0. The second-order valence-electron chi connectivity index (χ2n) is 6.90. The molecular formula is C21H15F4N5O2. The average Bonchev–Trinajstić information content (AvgIpc) is 3.11. The van der Waals surface area contributed by atoms with E-state index in [-0.39, 0.29) is 22.9 Å². The minimum absolute atomic E-state index is 0.149. The van der Waals surface area contributed by atoms with Crippen molar-refractivity contribution in [3.63, 3.8) is 0 Å². The first-order valence-electron chi connectivity index (χ1n) is 9.26. The number of pyridine rings is 1. The number of amides is 1. The molecule has 1 amide bonds. The van der Waals surface area contributed by atoms with Crippen LogP contribution in [0.15, 0.2) is 48.8 Å². The summed E-state index contributed by atoms with van der Waals surface area (Å²) in [5, 5.41) is 6.85. The molecule has 0 bridgehead atoms. The van der Waals surface area contributed by atoms with Crippen molar-refractivity contribution in [3.05, 3.63) is 77.1 Å². The maximum atomic E-state index is 14.4. The Morgan fingerprint density at radius 1 is 1.06 bits per heavy atom. The van der Waals surface area contributed by atoms with E-state index in [1.165, 1.54) is 18.3 Å². The molecule has 164 valence electrons. The number of aryl methyl sites for hydroxylation is 2. The summed E-state index contributed by atoms with van der Waals surface area (Å²) < 4.78 is 59.0. The van der Waals surface area contributed by atoms with Crippen molar-refractivity contribution in [1.29, 1.82) is 0 Å². The number of ether oxygens (including phenoxy) is 1. The van der Waals surface area contributed by atoms with Crippen LogP contribution in [-0.4, -0.2) is 25.5 Å². The Hall–Kier alpha value is -4.02. The lowest BCUT2D eigenvalue weighted by Gasteiger charge is -2.11. The molecule has 3 aromatic heterocycles. The molecule has 7 nitrogen and oxygen atoms in total. The van der Waals surface area contributed by atoms with Crippen LogP contribution in [0.4, 0.5) is 23.2 Å². The van der Waals surface area contributed by atoms with Gasteiger partial charge >= 0.3 is 6.18 Å². The van der Waals surface area contributed by atoms with E-state index in [9.17, 15) is 22.4 Å². The summed E-state index contributed by atoms with van der Waals surface area (Å²) in [6.07, 6.45) is -2.54. The van der Waals surface area contributed by atoms with Crippen LogP contribution >= 0.6 is 0 Å². The molecule has 0 fully saturated rings. The molecule has 0 unspecified atom stereocenters. The van der Waals surface area contributed by atoms with Crippen molar-refractivity contribution in [3.8, 4) is 11.6 Å². The number of nitrogens with one attached hydrogen (secondary N) is 1. The van der Waals surface area contributed by atoms with E-state index in [2.05, 4.69) is 20.4 Å². The highest BCUT2D eigenvalue weighted by atomic mass is 19.4. The fourth-order valence-corrected chi connectivity index (χ4v) is 2.97. The number of rotatable bonds is 4. The number of anilines is 1. The summed E-state index contributed by atoms with van der Waals surface area (Å²) in [7, 11) is 0. The number of carbonyl (C=O) groups is 1. The number of fused-ring (bicyclic) bond motifs is 1. The summed E-state index contributed by atoms with van der Waals surface area (Å²) in [5.74, 6) is -1.82. The Labute approximate surface area is 178 Å². The second-order valence-corrected chi connectivity index (χ2v) is 6.90. The van der Waals surface area contributed by atoms with E-state index < -0.39 is 23.5 Å². The Morgan fingerprint density at radius 2 is 1.84 bits per heavy atom. The Kier molecular flexibility index (Phi) is 5.25. The lowest BCUT2D eigenvalue weighted by molar-refractivity contribution is -0.137. The van der Waals surface area contributed by atoms with Crippen LogP contribution in [0.1, 0.15) is 27.3 Å². The predicted molar refractivity (Wildman–Crippen MR) is 106 cm³/mol. The highest BCUT2D eigenvalue weighted by Gasteiger charge is 2.30. The van der Waals surface area contributed by atoms with Crippen LogP contribution in [-0.2, 0) is 6.18 Å². The van der Waals surface area contributed by atoms with Crippen molar-refractivity contribution in [1.82, 2.24) is 19.6 Å². The number of aromatic nitrogens is 4. The van der Waals surface area contributed by atoms with Crippen molar-refractivity contribution in [2.75, 3.05) is 5.32 Å². The first-order chi connectivity index (χ1) is 15.1. The van der Waals surface area contributed by atoms with Gasteiger partial charge in [-0.3, -0.25) is 4.79 Å². The molecule has 0 saturated carbocycles. The van der Waals surface area contributed by atoms with Crippen molar-refractivity contribution in [2.24, 2.45) is 0 Å². The van der Waals surface area contributed by atoms with E-state index in [1.54, 1.807) is 24.4 Å². The molecule has 11 heteroatoms. The molecule has 4 rings (SSSR count). The number of nitrogens with zero attached hydrogens (tertiary/aromatic N) is 4. The van der Waals surface area contributed by atoms with E-state index in [4.69, 9.17) is 4.74 Å². The van der Waals surface area contributed by atoms with Gasteiger partial charge in [0.1, 0.15) is 0 Å². The minimum Gasteiger partial charge on any atom is -0.436 e. The number of benzene rings is 1. The minimum atomic E-state index is -4.54. The lowest BCUT2D eigenvalue weighted by atomic mass is 10.2. The van der Waals surface area contributed by atoms with E-state index in [0.29, 0.717) is 17.5 Å². The van der Waals surface area contributed by atoms with Crippen LogP contribution in [0.2, 0.25) is 0 Å². The topological polar surface area (TPSA) is 81.4 Å². The van der Waals surface area contributed by atoms with Gasteiger partial charge < -0.3 is 10.1 Å². The third-order valence-corrected chi connectivity index (χ3v) is 4.56. The summed E-state index contributed by atoms with van der Waals surface area (Å²) in [4.78, 5) is 20.4. The highest BCUT2D eigenvalue weighted by Crippen LogP contribution is 2.31. The fraction of sp³-hybridized carbons (Fsp3) is 0.143. The van der Waals surface area contributed by atoms with Crippen LogP contribution < -0.4 is 10.1 Å². The first kappa shape index (κ1) is 21.2. The van der Waals surface area contributed by atoms with Crippen molar-refractivity contribution < 1.29 is 27.1 Å². The number of hydrogen-bond donors (Lipinski definition) is 1. The fourth-order valence-electron chi connectivity index (χ4n) is 2.97. The van der Waals surface area contributed by atoms with Crippen LogP contribution in [0.25, 0.3) is 5.65 Å². The average molecular weight is 445 g/mol. The van der Waals surface area contributed by atoms with Gasteiger partial charge in [0, 0.05) is 36.3 Å². The zero-order valence-corrected chi connectivity index (χ0v) is 16.7. The number of alkyl halides is 3. The van der Waals surface area contributed by atoms with Crippen LogP contribution in [0.3, 0.4) is 0 Å². The van der Waals surface area contributed by atoms with E-state index in [1.807, 2.05) is 0 Å². The molecule has 0 spiro atoms. The maximum absolute atomic E-state index is 14.4. The second kappa shape index (κ2) is 7.91. The number of carbonyl (C=O) groups excluding carboxylic acids is 1. The molecule has 0 aliphatic rings. The molecule has 0 aliphatic heterocycles. The molecule has 32 heavy (non-hydrogen) atoms. The first-order valence-corrected chi connectivity index (χ1v) is 9.26. The van der Waals surface area contributed by atoms with Gasteiger partial charge in [-0.25, -0.2) is 18.9 Å². The molecule has 0 saturated heterocycles. The predicted octanol–water partition coefficient (Wildman–Crippen LogP) is 4.94. The summed E-state index contributed by atoms with van der Waals surface area (Å²) in [6.45, 7) is 3.52. The summed E-state index contributed by atoms with van der Waals surface area (Å²) in [5.41, 5.74) is 1.37. The smallest absolute Gasteiger partial charge is 0.417 e. The van der Waals surface area contributed by atoms with Gasteiger partial charge in [0.15, 0.2) is 17.2 Å². The number of halogens is 4. The Bertz CT molecular complexity index is 1320. The molecule has 0 atom stereocenters. The standard InChI is InChI=1S/C21H15F4N5O2/c1-11-7-18-26-10-15(12(2)30(18)29-11)20(31)28-14-4-5-17(16(22)8-14)32-19-6-3-13(9-27-19)21(23,24)25/h3-10H,1-2H3,(H,28,31). The van der Waals surface area contributed by atoms with Gasteiger partial charge in [-0.1, -0.05) is 0 Å². The zero-order chi connectivity index (χ0) is 23.0. The normalized spacial score (nSPS) is 11.6. The molecule has 4 aromatic rings. The maximum Gasteiger partial charge on any atom is 0.417 e. The monoisotopic (exact) mass is 445 g/mol. The lowest BCUT2D eigenvalue weighted by Crippen LogP contribution is -2.16. The van der Waals surface area contributed by atoms with Gasteiger partial charge in [0.05, 0.1) is 22.5 Å². The third-order valence-electron chi connectivity index (χ3n) is 4.56. The van der Waals surface area contributed by atoms with Gasteiger partial charge in [-0.2, -0.15) is 18.3 Å². The molecule has 1 N–H and O–H groups in total. The van der Waals surface area contributed by atoms with E-state index >= 15 is 0 Å². The Morgan fingerprint density at radius 3 is 2.50 bits per heavy atom.